The molecule has 5 unspecified atom stereocenters. The number of nitrogens with one attached hydrogen (secondary N) is 3. The molecule has 0 aromatic carbocycles. The summed E-state index contributed by atoms with van der Waals surface area (Å²) in [6, 6.07) is -2.49. The first kappa shape index (κ1) is 32.1. The van der Waals surface area contributed by atoms with Crippen molar-refractivity contribution in [2.75, 3.05) is 20.3 Å². The fourth-order valence-corrected chi connectivity index (χ4v) is 3.73. The Balaban J connectivity index is 2.76. The summed E-state index contributed by atoms with van der Waals surface area (Å²) in [5, 5.41) is 6.75. The third-order valence-corrected chi connectivity index (χ3v) is 5.96. The molecule has 206 valence electrons. The first-order chi connectivity index (χ1) is 16.7. The summed E-state index contributed by atoms with van der Waals surface area (Å²) in [6.45, 7) is 10.4. The Morgan fingerprint density at radius 3 is 2.31 bits per heavy atom. The number of esters is 1. The number of carbonyl (C=O) groups excluding carboxylic acids is 4. The van der Waals surface area contributed by atoms with Crippen LogP contribution in [-0.2, 0) is 28.7 Å². The van der Waals surface area contributed by atoms with Gasteiger partial charge in [-0.25, -0.2) is 5.43 Å². The number of carbonyl (C=O) groups is 4. The van der Waals surface area contributed by atoms with Crippen LogP contribution < -0.4 is 16.1 Å². The van der Waals surface area contributed by atoms with Gasteiger partial charge in [-0.05, 0) is 39.5 Å². The molecule has 1 aliphatic heterocycles. The van der Waals surface area contributed by atoms with Gasteiger partial charge in [-0.15, -0.1) is 0 Å². The van der Waals surface area contributed by atoms with Crippen molar-refractivity contribution in [3.63, 3.8) is 0 Å². The lowest BCUT2D eigenvalue weighted by atomic mass is 9.99. The van der Waals surface area contributed by atoms with Gasteiger partial charge in [0.05, 0.1) is 12.0 Å². The Bertz CT molecular complexity index is 802. The smallest absolute Gasteiger partial charge is 0.325 e. The number of ether oxygens (including phenoxy) is 2. The van der Waals surface area contributed by atoms with Crippen molar-refractivity contribution < 1.29 is 28.7 Å². The molecule has 1 fully saturated rings. The average Bonchev–Trinajstić information content (AvgIpc) is 2.82. The summed E-state index contributed by atoms with van der Waals surface area (Å²) >= 11 is 11.7. The van der Waals surface area contributed by atoms with Crippen LogP contribution in [0, 0.1) is 11.8 Å². The summed E-state index contributed by atoms with van der Waals surface area (Å²) in [6.07, 6.45) is 4.17. The predicted molar refractivity (Wildman–Crippen MR) is 138 cm³/mol. The molecule has 1 rings (SSSR count). The largest absolute Gasteiger partial charge is 0.461 e. The van der Waals surface area contributed by atoms with Crippen molar-refractivity contribution in [1.29, 1.82) is 0 Å². The van der Waals surface area contributed by atoms with Crippen LogP contribution in [-0.4, -0.2) is 77.5 Å². The maximum Gasteiger partial charge on any atom is 0.325 e. The van der Waals surface area contributed by atoms with Gasteiger partial charge >= 0.3 is 5.97 Å². The molecular weight excluding hydrogens is 511 g/mol. The molecule has 0 bridgehead atoms. The van der Waals surface area contributed by atoms with Crippen LogP contribution in [0.15, 0.2) is 12.2 Å². The monoisotopic (exact) mass is 550 g/mol. The van der Waals surface area contributed by atoms with E-state index < -0.39 is 52.3 Å². The highest BCUT2D eigenvalue weighted by atomic mass is 35.5. The number of hydrazine groups is 1. The van der Waals surface area contributed by atoms with Crippen LogP contribution in [0.25, 0.3) is 0 Å². The third kappa shape index (κ3) is 10.2. The van der Waals surface area contributed by atoms with Crippen molar-refractivity contribution in [2.24, 2.45) is 11.8 Å². The molecule has 0 spiro atoms. The van der Waals surface area contributed by atoms with E-state index in [0.717, 1.165) is 0 Å². The summed E-state index contributed by atoms with van der Waals surface area (Å²) in [5.41, 5.74) is 2.86. The van der Waals surface area contributed by atoms with Crippen molar-refractivity contribution in [2.45, 2.75) is 82.9 Å². The number of allylic oxidation sites excluding steroid dienone is 1. The van der Waals surface area contributed by atoms with Gasteiger partial charge < -0.3 is 20.1 Å². The molecule has 12 heteroatoms. The van der Waals surface area contributed by atoms with Crippen molar-refractivity contribution in [3.05, 3.63) is 12.2 Å². The maximum atomic E-state index is 13.0. The van der Waals surface area contributed by atoms with Gasteiger partial charge in [0, 0.05) is 13.7 Å². The molecule has 10 nitrogen and oxygen atoms in total. The molecule has 5 atom stereocenters. The van der Waals surface area contributed by atoms with Crippen LogP contribution in [0.4, 0.5) is 0 Å². The Kier molecular flexibility index (Phi) is 13.2. The standard InChI is InChI=1S/C24H40Cl2N4O6/c1-8-10-18(35-7)15(4)20(31)28-19(14(2)3)21(32)27-16(5)22(33)30-12-9-11-17(29-30)23(34)36-13-24(6,25)26/h8,10,14-19,29H,9,11-13H2,1-7H3,(H,27,32)(H,28,31)/b10-8+. The van der Waals surface area contributed by atoms with E-state index in [9.17, 15) is 19.2 Å². The van der Waals surface area contributed by atoms with E-state index in [1.165, 1.54) is 19.0 Å². The van der Waals surface area contributed by atoms with Gasteiger partial charge in [0.15, 0.2) is 0 Å². The molecule has 36 heavy (non-hydrogen) atoms. The number of halogens is 2. The van der Waals surface area contributed by atoms with E-state index in [-0.39, 0.29) is 18.4 Å². The molecule has 3 N–H and O–H groups in total. The maximum absolute atomic E-state index is 13.0. The zero-order valence-electron chi connectivity index (χ0n) is 22.1. The van der Waals surface area contributed by atoms with Crippen molar-refractivity contribution in [1.82, 2.24) is 21.1 Å². The lowest BCUT2D eigenvalue weighted by Crippen LogP contribution is -2.61. The van der Waals surface area contributed by atoms with Gasteiger partial charge in [-0.3, -0.25) is 24.2 Å². The molecule has 0 aromatic rings. The minimum atomic E-state index is -1.21. The van der Waals surface area contributed by atoms with Gasteiger partial charge in [0.2, 0.25) is 11.8 Å². The number of hydrogen-bond donors (Lipinski definition) is 3. The normalized spacial score (nSPS) is 19.9. The second-order valence-corrected chi connectivity index (χ2v) is 11.3. The second-order valence-electron chi connectivity index (χ2n) is 9.47. The number of amides is 3. The highest BCUT2D eigenvalue weighted by Gasteiger charge is 2.34. The minimum absolute atomic E-state index is 0.186. The van der Waals surface area contributed by atoms with E-state index >= 15 is 0 Å². The second kappa shape index (κ2) is 14.8. The predicted octanol–water partition coefficient (Wildman–Crippen LogP) is 2.09. The third-order valence-electron chi connectivity index (χ3n) is 5.74. The Hall–Kier alpha value is -1.88. The van der Waals surface area contributed by atoms with Crippen LogP contribution in [0.3, 0.4) is 0 Å². The van der Waals surface area contributed by atoms with E-state index in [2.05, 4.69) is 16.1 Å². The Morgan fingerprint density at radius 1 is 1.14 bits per heavy atom. The lowest BCUT2D eigenvalue weighted by Gasteiger charge is -2.35. The van der Waals surface area contributed by atoms with Crippen molar-refractivity contribution in [3.8, 4) is 0 Å². The SMILES string of the molecule is C/C=C/C(OC)C(C)C(=O)NC(C(=O)NC(C)C(=O)N1CCCC(C(=O)OCC(C)(Cl)Cl)N1)C(C)C. The van der Waals surface area contributed by atoms with Gasteiger partial charge in [-0.2, -0.15) is 0 Å². The fourth-order valence-electron chi connectivity index (χ4n) is 3.62. The van der Waals surface area contributed by atoms with E-state index in [0.29, 0.717) is 19.4 Å². The molecule has 0 saturated carbocycles. The van der Waals surface area contributed by atoms with E-state index in [4.69, 9.17) is 32.7 Å². The molecule has 1 saturated heterocycles. The van der Waals surface area contributed by atoms with Crippen LogP contribution in [0.2, 0.25) is 0 Å². The molecule has 0 aromatic heterocycles. The van der Waals surface area contributed by atoms with Gasteiger partial charge in [0.1, 0.15) is 29.1 Å². The minimum Gasteiger partial charge on any atom is -0.461 e. The number of nitrogens with zero attached hydrogens (tertiary/aromatic N) is 1. The Labute approximate surface area is 223 Å². The molecule has 0 aliphatic carbocycles. The number of methoxy groups -OCH3 is 1. The highest BCUT2D eigenvalue weighted by Crippen LogP contribution is 2.20. The average molecular weight is 552 g/mol. The zero-order chi connectivity index (χ0) is 27.6. The molecule has 1 aliphatic rings. The quantitative estimate of drug-likeness (QED) is 0.193. The number of alkyl halides is 2. The van der Waals surface area contributed by atoms with Crippen LogP contribution in [0.5, 0.6) is 0 Å². The fraction of sp³-hybridized carbons (Fsp3) is 0.750. The van der Waals surface area contributed by atoms with E-state index in [1.54, 1.807) is 39.8 Å². The van der Waals surface area contributed by atoms with Crippen LogP contribution >= 0.6 is 23.2 Å². The summed E-state index contributed by atoms with van der Waals surface area (Å²) in [7, 11) is 1.51. The summed E-state index contributed by atoms with van der Waals surface area (Å²) < 4.78 is 9.26. The highest BCUT2D eigenvalue weighted by molar-refractivity contribution is 6.48. The Morgan fingerprint density at radius 2 is 1.78 bits per heavy atom. The molecular formula is C24H40Cl2N4O6. The topological polar surface area (TPSA) is 126 Å². The zero-order valence-corrected chi connectivity index (χ0v) is 23.6. The number of rotatable bonds is 12. The first-order valence-corrected chi connectivity index (χ1v) is 12.9. The lowest BCUT2D eigenvalue weighted by molar-refractivity contribution is -0.153. The molecule has 0 radical (unpaired) electrons. The summed E-state index contributed by atoms with van der Waals surface area (Å²) in [5.74, 6) is -2.56. The van der Waals surface area contributed by atoms with Crippen molar-refractivity contribution >= 4 is 46.9 Å². The molecule has 1 heterocycles. The first-order valence-electron chi connectivity index (χ1n) is 12.1. The summed E-state index contributed by atoms with van der Waals surface area (Å²) in [4.78, 5) is 51.1. The molecule has 3 amide bonds. The van der Waals surface area contributed by atoms with E-state index in [1.807, 2.05) is 6.92 Å². The van der Waals surface area contributed by atoms with Gasteiger partial charge in [0.25, 0.3) is 5.91 Å². The number of hydrogen-bond acceptors (Lipinski definition) is 7. The van der Waals surface area contributed by atoms with Crippen LogP contribution in [0.1, 0.15) is 54.4 Å². The van der Waals surface area contributed by atoms with Gasteiger partial charge in [-0.1, -0.05) is 56.1 Å².